The molecule has 1 aliphatic heterocycles. The SMILES string of the molecule is CC(C)(C)c1ccc(OC(F)(F)F)c(C[C@@H]2CCCN(N)[C@@H]2c2ccccc2)c1.Cl. The summed E-state index contributed by atoms with van der Waals surface area (Å²) in [5.41, 5.74) is 2.48. The minimum Gasteiger partial charge on any atom is -0.406 e. The first-order chi connectivity index (χ1) is 13.5. The molecule has 0 amide bonds. The summed E-state index contributed by atoms with van der Waals surface area (Å²) >= 11 is 0. The highest BCUT2D eigenvalue weighted by Crippen LogP contribution is 2.39. The van der Waals surface area contributed by atoms with Crippen LogP contribution in [0.2, 0.25) is 0 Å². The van der Waals surface area contributed by atoms with Gasteiger partial charge in [-0.2, -0.15) is 0 Å². The van der Waals surface area contributed by atoms with Crippen LogP contribution in [0, 0.1) is 5.92 Å². The second kappa shape index (κ2) is 9.58. The molecule has 0 unspecified atom stereocenters. The van der Waals surface area contributed by atoms with Gasteiger partial charge in [-0.25, -0.2) is 5.01 Å². The van der Waals surface area contributed by atoms with Gasteiger partial charge in [0.2, 0.25) is 0 Å². The number of halogens is 4. The highest BCUT2D eigenvalue weighted by molar-refractivity contribution is 5.85. The van der Waals surface area contributed by atoms with Gasteiger partial charge < -0.3 is 4.74 Å². The van der Waals surface area contributed by atoms with E-state index >= 15 is 0 Å². The molecule has 0 aliphatic carbocycles. The number of alkyl halides is 3. The topological polar surface area (TPSA) is 38.5 Å². The summed E-state index contributed by atoms with van der Waals surface area (Å²) in [4.78, 5) is 0. The van der Waals surface area contributed by atoms with E-state index in [0.717, 1.165) is 30.5 Å². The Morgan fingerprint density at radius 3 is 2.33 bits per heavy atom. The molecule has 30 heavy (non-hydrogen) atoms. The predicted molar refractivity (Wildman–Crippen MR) is 116 cm³/mol. The van der Waals surface area contributed by atoms with Gasteiger partial charge in [-0.15, -0.1) is 25.6 Å². The molecule has 0 bridgehead atoms. The maximum atomic E-state index is 13.0. The number of piperidine rings is 1. The fourth-order valence-corrected chi connectivity index (χ4v) is 4.14. The zero-order valence-corrected chi connectivity index (χ0v) is 18.4. The largest absolute Gasteiger partial charge is 0.573 e. The summed E-state index contributed by atoms with van der Waals surface area (Å²) in [6, 6.07) is 14.9. The molecule has 0 aromatic heterocycles. The smallest absolute Gasteiger partial charge is 0.406 e. The van der Waals surface area contributed by atoms with E-state index in [0.29, 0.717) is 12.0 Å². The zero-order valence-electron chi connectivity index (χ0n) is 17.6. The molecule has 0 saturated carbocycles. The van der Waals surface area contributed by atoms with Gasteiger partial charge in [0.25, 0.3) is 0 Å². The summed E-state index contributed by atoms with van der Waals surface area (Å²) in [6.07, 6.45) is -2.43. The molecule has 1 aliphatic rings. The van der Waals surface area contributed by atoms with Crippen LogP contribution in [0.3, 0.4) is 0 Å². The van der Waals surface area contributed by atoms with Crippen LogP contribution in [0.15, 0.2) is 48.5 Å². The molecule has 0 radical (unpaired) electrons. The third kappa shape index (κ3) is 6.13. The number of nitrogens with two attached hydrogens (primary N) is 1. The van der Waals surface area contributed by atoms with Crippen molar-refractivity contribution in [1.82, 2.24) is 5.01 Å². The maximum Gasteiger partial charge on any atom is 0.573 e. The maximum absolute atomic E-state index is 13.0. The van der Waals surface area contributed by atoms with E-state index in [2.05, 4.69) is 4.74 Å². The fourth-order valence-electron chi connectivity index (χ4n) is 4.14. The Balaban J connectivity index is 0.00000320. The number of hydrogen-bond donors (Lipinski definition) is 1. The predicted octanol–water partition coefficient (Wildman–Crippen LogP) is 6.17. The van der Waals surface area contributed by atoms with Crippen LogP contribution < -0.4 is 10.6 Å². The van der Waals surface area contributed by atoms with Crippen LogP contribution in [0.5, 0.6) is 5.75 Å². The van der Waals surface area contributed by atoms with Gasteiger partial charge >= 0.3 is 6.36 Å². The van der Waals surface area contributed by atoms with Crippen LogP contribution in [-0.2, 0) is 11.8 Å². The van der Waals surface area contributed by atoms with Gasteiger partial charge in [0.1, 0.15) is 5.75 Å². The van der Waals surface area contributed by atoms with Crippen molar-refractivity contribution in [2.45, 2.75) is 57.9 Å². The highest BCUT2D eigenvalue weighted by atomic mass is 35.5. The lowest BCUT2D eigenvalue weighted by Gasteiger charge is -2.39. The molecule has 3 nitrogen and oxygen atoms in total. The molecule has 2 N–H and O–H groups in total. The Morgan fingerprint density at radius 2 is 1.73 bits per heavy atom. The summed E-state index contributed by atoms with van der Waals surface area (Å²) in [6.45, 7) is 6.91. The van der Waals surface area contributed by atoms with Crippen molar-refractivity contribution in [3.05, 3.63) is 65.2 Å². The van der Waals surface area contributed by atoms with Crippen LogP contribution in [0.25, 0.3) is 0 Å². The standard InChI is InChI=1S/C23H29F3N2O.ClH/c1-22(2,3)19-11-12-20(29-23(24,25)26)18(15-19)14-17-10-7-13-28(27)21(17)16-8-5-4-6-9-16;/h4-6,8-9,11-12,15,17,21H,7,10,13-14,27H2,1-3H3;1H/t17-,21+;/m0./s1. The molecule has 1 saturated heterocycles. The van der Waals surface area contributed by atoms with Gasteiger partial charge in [-0.1, -0.05) is 63.2 Å². The van der Waals surface area contributed by atoms with Crippen LogP contribution >= 0.6 is 12.4 Å². The van der Waals surface area contributed by atoms with Crippen LogP contribution in [-0.4, -0.2) is 17.9 Å². The number of hydrogen-bond acceptors (Lipinski definition) is 3. The van der Waals surface area contributed by atoms with Crippen LogP contribution in [0.4, 0.5) is 13.2 Å². The van der Waals surface area contributed by atoms with Crippen molar-refractivity contribution in [2.24, 2.45) is 11.8 Å². The summed E-state index contributed by atoms with van der Waals surface area (Å²) < 4.78 is 43.3. The van der Waals surface area contributed by atoms with Crippen molar-refractivity contribution in [2.75, 3.05) is 6.54 Å². The number of ether oxygens (including phenoxy) is 1. The first kappa shape index (κ1) is 24.5. The minimum absolute atomic E-state index is 0. The highest BCUT2D eigenvalue weighted by Gasteiger charge is 2.35. The molecule has 1 fully saturated rings. The molecule has 1 heterocycles. The van der Waals surface area contributed by atoms with Gasteiger partial charge in [-0.3, -0.25) is 5.84 Å². The number of benzene rings is 2. The summed E-state index contributed by atoms with van der Waals surface area (Å²) in [7, 11) is 0. The minimum atomic E-state index is -4.72. The zero-order chi connectivity index (χ0) is 21.2. The average Bonchev–Trinajstić information content (AvgIpc) is 2.62. The molecule has 7 heteroatoms. The van der Waals surface area contributed by atoms with E-state index in [9.17, 15) is 13.2 Å². The van der Waals surface area contributed by atoms with Gasteiger partial charge in [0, 0.05) is 6.54 Å². The van der Waals surface area contributed by atoms with Crippen molar-refractivity contribution < 1.29 is 17.9 Å². The summed E-state index contributed by atoms with van der Waals surface area (Å²) in [5, 5.41) is 1.82. The lowest BCUT2D eigenvalue weighted by Crippen LogP contribution is -2.44. The van der Waals surface area contributed by atoms with Crippen LogP contribution in [0.1, 0.15) is 56.3 Å². The first-order valence-electron chi connectivity index (χ1n) is 10.00. The quantitative estimate of drug-likeness (QED) is 0.575. The van der Waals surface area contributed by atoms with E-state index in [-0.39, 0.29) is 35.5 Å². The van der Waals surface area contributed by atoms with E-state index in [1.165, 1.54) is 6.07 Å². The Kier molecular flexibility index (Phi) is 7.83. The van der Waals surface area contributed by atoms with Gasteiger partial charge in [-0.05, 0) is 53.4 Å². The third-order valence-electron chi connectivity index (χ3n) is 5.57. The lowest BCUT2D eigenvalue weighted by molar-refractivity contribution is -0.274. The molecule has 0 spiro atoms. The number of hydrazine groups is 1. The Morgan fingerprint density at radius 1 is 1.07 bits per heavy atom. The van der Waals surface area contributed by atoms with Gasteiger partial charge in [0.05, 0.1) is 6.04 Å². The lowest BCUT2D eigenvalue weighted by atomic mass is 9.80. The number of nitrogens with zero attached hydrogens (tertiary/aromatic N) is 1. The number of rotatable bonds is 4. The fraction of sp³-hybridized carbons (Fsp3) is 0.478. The Bertz CT molecular complexity index is 821. The molecule has 3 rings (SSSR count). The average molecular weight is 443 g/mol. The Hall–Kier alpha value is -1.76. The van der Waals surface area contributed by atoms with Crippen molar-refractivity contribution in [1.29, 1.82) is 0 Å². The van der Waals surface area contributed by atoms with Crippen molar-refractivity contribution in [3.63, 3.8) is 0 Å². The van der Waals surface area contributed by atoms with E-state index in [1.54, 1.807) is 6.07 Å². The molecule has 2 aromatic rings. The van der Waals surface area contributed by atoms with Crippen molar-refractivity contribution in [3.8, 4) is 5.75 Å². The molecule has 2 atom stereocenters. The second-order valence-electron chi connectivity index (χ2n) is 8.82. The summed E-state index contributed by atoms with van der Waals surface area (Å²) in [5.74, 6) is 6.30. The first-order valence-corrected chi connectivity index (χ1v) is 10.00. The molecule has 166 valence electrons. The Labute approximate surface area is 182 Å². The van der Waals surface area contributed by atoms with E-state index in [1.807, 2.05) is 62.2 Å². The van der Waals surface area contributed by atoms with E-state index < -0.39 is 6.36 Å². The van der Waals surface area contributed by atoms with Gasteiger partial charge in [0.15, 0.2) is 0 Å². The molecule has 2 aromatic carbocycles. The van der Waals surface area contributed by atoms with E-state index in [4.69, 9.17) is 5.84 Å². The molecular formula is C23H30ClF3N2O. The second-order valence-corrected chi connectivity index (χ2v) is 8.82. The normalized spacial score (nSPS) is 20.5. The van der Waals surface area contributed by atoms with Crippen molar-refractivity contribution >= 4 is 12.4 Å². The monoisotopic (exact) mass is 442 g/mol. The molecular weight excluding hydrogens is 413 g/mol. The third-order valence-corrected chi connectivity index (χ3v) is 5.57.